The molecule has 0 aliphatic carbocycles. The van der Waals surface area contributed by atoms with Gasteiger partial charge < -0.3 is 15.2 Å². The summed E-state index contributed by atoms with van der Waals surface area (Å²) < 4.78 is 43.6. The molecular formula is C26H21F3N2O4. The number of hydrogen-bond donors (Lipinski definition) is 2. The van der Waals surface area contributed by atoms with Crippen LogP contribution in [0.25, 0.3) is 0 Å². The number of nitriles is 1. The van der Waals surface area contributed by atoms with Gasteiger partial charge in [0.05, 0.1) is 17.7 Å². The summed E-state index contributed by atoms with van der Waals surface area (Å²) in [4.78, 5) is 24.8. The lowest BCUT2D eigenvalue weighted by molar-refractivity contribution is -0.137. The number of anilines is 1. The lowest BCUT2D eigenvalue weighted by Crippen LogP contribution is -2.29. The Morgan fingerprint density at radius 3 is 2.17 bits per heavy atom. The van der Waals surface area contributed by atoms with Crippen LogP contribution in [0.1, 0.15) is 29.2 Å². The summed E-state index contributed by atoms with van der Waals surface area (Å²) >= 11 is 0. The fourth-order valence-corrected chi connectivity index (χ4v) is 3.19. The second kappa shape index (κ2) is 11.3. The van der Waals surface area contributed by atoms with Gasteiger partial charge in [0.15, 0.2) is 11.7 Å². The van der Waals surface area contributed by atoms with E-state index in [0.29, 0.717) is 17.9 Å². The van der Waals surface area contributed by atoms with Crippen molar-refractivity contribution in [2.24, 2.45) is 5.92 Å². The van der Waals surface area contributed by atoms with Crippen LogP contribution in [0.3, 0.4) is 0 Å². The highest BCUT2D eigenvalue weighted by molar-refractivity contribution is 6.09. The number of halogens is 3. The molecule has 0 aliphatic rings. The van der Waals surface area contributed by atoms with Gasteiger partial charge in [-0.2, -0.15) is 18.4 Å². The molecule has 3 aromatic carbocycles. The van der Waals surface area contributed by atoms with E-state index in [1.54, 1.807) is 30.3 Å². The summed E-state index contributed by atoms with van der Waals surface area (Å²) in [5, 5.41) is 21.9. The molecule has 0 spiro atoms. The van der Waals surface area contributed by atoms with Crippen LogP contribution in [0, 0.1) is 17.2 Å². The molecule has 0 fully saturated rings. The second-order valence-corrected chi connectivity index (χ2v) is 7.66. The zero-order valence-corrected chi connectivity index (χ0v) is 18.3. The van der Waals surface area contributed by atoms with E-state index in [-0.39, 0.29) is 5.69 Å². The molecule has 0 radical (unpaired) electrons. The molecule has 2 N–H and O–H groups in total. The fourth-order valence-electron chi connectivity index (χ4n) is 3.19. The molecule has 3 aromatic rings. The lowest BCUT2D eigenvalue weighted by atomic mass is 9.96. The number of nitrogens with one attached hydrogen (secondary N) is 1. The van der Waals surface area contributed by atoms with Crippen molar-refractivity contribution >= 4 is 17.4 Å². The number of Topliss-reactive ketones (excluding diaryl/α,β-unsaturated/α-hetero) is 1. The van der Waals surface area contributed by atoms with Crippen molar-refractivity contribution < 1.29 is 32.6 Å². The first kappa shape index (κ1) is 25.5. The number of nitrogens with zero attached hydrogens (tertiary/aromatic N) is 1. The van der Waals surface area contributed by atoms with Crippen molar-refractivity contribution in [2.75, 3.05) is 5.32 Å². The Morgan fingerprint density at radius 2 is 1.60 bits per heavy atom. The van der Waals surface area contributed by atoms with Gasteiger partial charge in [0.1, 0.15) is 12.4 Å². The number of rotatable bonds is 9. The molecule has 0 heterocycles. The van der Waals surface area contributed by atoms with Crippen LogP contribution in [-0.4, -0.2) is 16.8 Å². The first-order valence-electron chi connectivity index (χ1n) is 10.5. The maximum atomic E-state index is 12.7. The van der Waals surface area contributed by atoms with Crippen LogP contribution < -0.4 is 10.1 Å². The van der Waals surface area contributed by atoms with Crippen molar-refractivity contribution in [3.05, 3.63) is 95.6 Å². The van der Waals surface area contributed by atoms with Crippen molar-refractivity contribution in [2.45, 2.75) is 25.3 Å². The minimum absolute atomic E-state index is 0.00249. The van der Waals surface area contributed by atoms with Gasteiger partial charge in [-0.15, -0.1) is 0 Å². The Kier molecular flexibility index (Phi) is 8.23. The topological polar surface area (TPSA) is 99.4 Å². The van der Waals surface area contributed by atoms with Crippen LogP contribution in [-0.2, 0) is 22.4 Å². The molecule has 0 bridgehead atoms. The van der Waals surface area contributed by atoms with Crippen LogP contribution in [0.2, 0.25) is 0 Å². The Balaban J connectivity index is 1.55. The van der Waals surface area contributed by atoms with Gasteiger partial charge in [0.25, 0.3) is 0 Å². The molecular weight excluding hydrogens is 461 g/mol. The highest BCUT2D eigenvalue weighted by Gasteiger charge is 2.31. The third-order valence-electron chi connectivity index (χ3n) is 5.10. The highest BCUT2D eigenvalue weighted by Crippen LogP contribution is 2.30. The smallest absolute Gasteiger partial charge is 0.416 e. The maximum absolute atomic E-state index is 12.7. The number of aliphatic hydroxyl groups is 1. The minimum atomic E-state index is -4.53. The van der Waals surface area contributed by atoms with Crippen LogP contribution in [0.5, 0.6) is 5.75 Å². The molecule has 0 aliphatic heterocycles. The summed E-state index contributed by atoms with van der Waals surface area (Å²) in [5.74, 6) is -3.00. The number of hydrogen-bond acceptors (Lipinski definition) is 5. The normalized spacial score (nSPS) is 12.8. The zero-order valence-electron chi connectivity index (χ0n) is 18.3. The van der Waals surface area contributed by atoms with Gasteiger partial charge in [-0.25, -0.2) is 0 Å². The van der Waals surface area contributed by atoms with E-state index in [2.05, 4.69) is 5.32 Å². The van der Waals surface area contributed by atoms with Crippen LogP contribution >= 0.6 is 0 Å². The summed E-state index contributed by atoms with van der Waals surface area (Å²) in [6.45, 7) is 0.360. The average Bonchev–Trinajstić information content (AvgIpc) is 2.84. The number of alkyl halides is 3. The van der Waals surface area contributed by atoms with Crippen molar-refractivity contribution in [3.63, 3.8) is 0 Å². The van der Waals surface area contributed by atoms with Crippen LogP contribution in [0.4, 0.5) is 18.9 Å². The fraction of sp³-hybridized carbons (Fsp3) is 0.192. The lowest BCUT2D eigenvalue weighted by Gasteiger charge is -2.14. The Labute approximate surface area is 199 Å². The highest BCUT2D eigenvalue weighted by atomic mass is 19.4. The number of aliphatic hydroxyl groups excluding tert-OH is 1. The molecule has 6 nitrogen and oxygen atoms in total. The molecule has 3 rings (SSSR count). The molecule has 9 heteroatoms. The molecule has 180 valence electrons. The van der Waals surface area contributed by atoms with E-state index in [1.165, 1.54) is 0 Å². The Bertz CT molecular complexity index is 1190. The predicted octanol–water partition coefficient (Wildman–Crippen LogP) is 5.06. The van der Waals surface area contributed by atoms with Gasteiger partial charge in [0, 0.05) is 12.1 Å². The quantitative estimate of drug-likeness (QED) is 0.416. The zero-order chi connectivity index (χ0) is 25.4. The minimum Gasteiger partial charge on any atom is -0.489 e. The van der Waals surface area contributed by atoms with E-state index in [1.807, 2.05) is 30.3 Å². The third kappa shape index (κ3) is 7.16. The average molecular weight is 482 g/mol. The molecule has 1 amide bonds. The van der Waals surface area contributed by atoms with E-state index >= 15 is 0 Å². The number of carbonyl (C=O) groups is 2. The van der Waals surface area contributed by atoms with Crippen molar-refractivity contribution in [1.82, 2.24) is 0 Å². The molecule has 2 unspecified atom stereocenters. The van der Waals surface area contributed by atoms with E-state index < -0.39 is 41.9 Å². The summed E-state index contributed by atoms with van der Waals surface area (Å²) in [5.41, 5.74) is 0.482. The Hall–Kier alpha value is -4.16. The first-order chi connectivity index (χ1) is 16.7. The largest absolute Gasteiger partial charge is 0.489 e. The summed E-state index contributed by atoms with van der Waals surface area (Å²) in [6.07, 6.45) is -6.29. The monoisotopic (exact) mass is 482 g/mol. The van der Waals surface area contributed by atoms with Gasteiger partial charge in [-0.05, 0) is 47.5 Å². The SMILES string of the molecule is N#CC(C(=O)CC(O)c1ccc(OCc2ccccc2)cc1)C(=O)Nc1ccc(C(F)(F)F)cc1. The summed E-state index contributed by atoms with van der Waals surface area (Å²) in [7, 11) is 0. The second-order valence-electron chi connectivity index (χ2n) is 7.66. The Morgan fingerprint density at radius 1 is 0.971 bits per heavy atom. The predicted molar refractivity (Wildman–Crippen MR) is 121 cm³/mol. The van der Waals surface area contributed by atoms with Crippen molar-refractivity contribution in [1.29, 1.82) is 5.26 Å². The molecule has 0 saturated heterocycles. The molecule has 35 heavy (non-hydrogen) atoms. The number of ether oxygens (including phenoxy) is 1. The number of benzene rings is 3. The van der Waals surface area contributed by atoms with E-state index in [4.69, 9.17) is 4.74 Å². The third-order valence-corrected chi connectivity index (χ3v) is 5.10. The number of ketones is 1. The van der Waals surface area contributed by atoms with Gasteiger partial charge in [-0.3, -0.25) is 9.59 Å². The van der Waals surface area contributed by atoms with Gasteiger partial charge >= 0.3 is 6.18 Å². The maximum Gasteiger partial charge on any atom is 0.416 e. The molecule has 0 saturated carbocycles. The number of carbonyl (C=O) groups excluding carboxylic acids is 2. The van der Waals surface area contributed by atoms with E-state index in [0.717, 1.165) is 29.8 Å². The first-order valence-corrected chi connectivity index (χ1v) is 10.5. The summed E-state index contributed by atoms with van der Waals surface area (Å²) in [6, 6.07) is 21.1. The van der Waals surface area contributed by atoms with Gasteiger partial charge in [0.2, 0.25) is 5.91 Å². The van der Waals surface area contributed by atoms with E-state index in [9.17, 15) is 33.1 Å². The van der Waals surface area contributed by atoms with Gasteiger partial charge in [-0.1, -0.05) is 42.5 Å². The standard InChI is InChI=1S/C26H21F3N2O4/c27-26(28,29)19-8-10-20(11-9-19)31-25(34)22(15-30)24(33)14-23(32)18-6-12-21(13-7-18)35-16-17-4-2-1-3-5-17/h1-13,22-23,32H,14,16H2,(H,31,34). The molecule has 2 atom stereocenters. The number of amides is 1. The van der Waals surface area contributed by atoms with Crippen LogP contribution in [0.15, 0.2) is 78.9 Å². The van der Waals surface area contributed by atoms with Crippen molar-refractivity contribution in [3.8, 4) is 11.8 Å². The molecule has 0 aromatic heterocycles.